The Hall–Kier alpha value is -3.07. The first kappa shape index (κ1) is 27.2. The molecule has 2 aromatic rings. The molecule has 1 N–H and O–H groups in total. The number of hydrogen-bond acceptors (Lipinski definition) is 5. The van der Waals surface area contributed by atoms with Gasteiger partial charge in [0.25, 0.3) is 0 Å². The fraction of sp³-hybridized carbons (Fsp3) is 0.440. The fourth-order valence-electron chi connectivity index (χ4n) is 3.30. The highest BCUT2D eigenvalue weighted by atomic mass is 32.2. The highest BCUT2D eigenvalue weighted by Crippen LogP contribution is 2.22. The first-order valence-electron chi connectivity index (χ1n) is 11.2. The molecule has 0 aliphatic rings. The van der Waals surface area contributed by atoms with Crippen molar-refractivity contribution in [1.29, 1.82) is 0 Å². The number of hydrogen-bond donors (Lipinski definition) is 1. The number of carbonyl (C=O) groups is 2. The zero-order valence-corrected chi connectivity index (χ0v) is 21.6. The van der Waals surface area contributed by atoms with Gasteiger partial charge in [-0.1, -0.05) is 36.8 Å². The third kappa shape index (κ3) is 7.48. The minimum absolute atomic E-state index is 0.0434. The molecule has 0 aliphatic carbocycles. The lowest BCUT2D eigenvalue weighted by Gasteiger charge is -2.32. The SMILES string of the molecule is CC[C@H](C)NC(=O)[C@H](C)N(Cc1ccc(C)cc1)C(=O)CN(c1ccc(OC)cc1)S(C)(=O)=O. The third-order valence-electron chi connectivity index (χ3n) is 5.68. The van der Waals surface area contributed by atoms with E-state index in [9.17, 15) is 18.0 Å². The summed E-state index contributed by atoms with van der Waals surface area (Å²) in [6.45, 7) is 7.22. The first-order valence-corrected chi connectivity index (χ1v) is 13.1. The Morgan fingerprint density at radius 2 is 1.62 bits per heavy atom. The van der Waals surface area contributed by atoms with Crippen LogP contribution >= 0.6 is 0 Å². The van der Waals surface area contributed by atoms with Gasteiger partial charge in [-0.2, -0.15) is 0 Å². The Bertz CT molecular complexity index is 1070. The number of ether oxygens (including phenoxy) is 1. The maximum atomic E-state index is 13.5. The summed E-state index contributed by atoms with van der Waals surface area (Å²) in [5.41, 5.74) is 2.26. The number of benzene rings is 2. The van der Waals surface area contributed by atoms with Crippen LogP contribution in [0, 0.1) is 6.92 Å². The van der Waals surface area contributed by atoms with E-state index in [1.807, 2.05) is 45.0 Å². The van der Waals surface area contributed by atoms with Gasteiger partial charge in [-0.05, 0) is 57.0 Å². The predicted molar refractivity (Wildman–Crippen MR) is 134 cm³/mol. The Morgan fingerprint density at radius 3 is 2.12 bits per heavy atom. The Balaban J connectivity index is 2.36. The number of methoxy groups -OCH3 is 1. The highest BCUT2D eigenvalue weighted by Gasteiger charge is 2.30. The van der Waals surface area contributed by atoms with E-state index in [1.54, 1.807) is 31.2 Å². The van der Waals surface area contributed by atoms with E-state index in [4.69, 9.17) is 4.74 Å². The molecule has 0 saturated carbocycles. The van der Waals surface area contributed by atoms with E-state index < -0.39 is 28.5 Å². The van der Waals surface area contributed by atoms with Gasteiger partial charge in [0, 0.05) is 12.6 Å². The quantitative estimate of drug-likeness (QED) is 0.523. The summed E-state index contributed by atoms with van der Waals surface area (Å²) >= 11 is 0. The van der Waals surface area contributed by atoms with Crippen LogP contribution in [0.4, 0.5) is 5.69 Å². The number of sulfonamides is 1. The maximum Gasteiger partial charge on any atom is 0.244 e. The monoisotopic (exact) mass is 489 g/mol. The van der Waals surface area contributed by atoms with Crippen LogP contribution in [0.15, 0.2) is 48.5 Å². The Kier molecular flexibility index (Phi) is 9.49. The lowest BCUT2D eigenvalue weighted by Crippen LogP contribution is -2.52. The van der Waals surface area contributed by atoms with Crippen LogP contribution in [0.2, 0.25) is 0 Å². The Morgan fingerprint density at radius 1 is 1.03 bits per heavy atom. The van der Waals surface area contributed by atoms with E-state index in [0.29, 0.717) is 11.4 Å². The topological polar surface area (TPSA) is 96.0 Å². The number of amides is 2. The average Bonchev–Trinajstić information content (AvgIpc) is 2.80. The largest absolute Gasteiger partial charge is 0.497 e. The van der Waals surface area contributed by atoms with Crippen LogP contribution in [0.5, 0.6) is 5.75 Å². The predicted octanol–water partition coefficient (Wildman–Crippen LogP) is 3.10. The molecule has 2 atom stereocenters. The number of nitrogens with zero attached hydrogens (tertiary/aromatic N) is 2. The van der Waals surface area contributed by atoms with Crippen molar-refractivity contribution in [1.82, 2.24) is 10.2 Å². The smallest absolute Gasteiger partial charge is 0.244 e. The highest BCUT2D eigenvalue weighted by molar-refractivity contribution is 7.92. The minimum atomic E-state index is -3.77. The van der Waals surface area contributed by atoms with Crippen LogP contribution in [-0.2, 0) is 26.2 Å². The molecule has 34 heavy (non-hydrogen) atoms. The number of anilines is 1. The van der Waals surface area contributed by atoms with E-state index in [-0.39, 0.29) is 18.5 Å². The van der Waals surface area contributed by atoms with Gasteiger partial charge in [0.05, 0.1) is 19.1 Å². The molecule has 0 radical (unpaired) electrons. The lowest BCUT2D eigenvalue weighted by molar-refractivity contribution is -0.139. The van der Waals surface area contributed by atoms with Gasteiger partial charge in [-0.15, -0.1) is 0 Å². The van der Waals surface area contributed by atoms with Crippen molar-refractivity contribution in [2.45, 2.75) is 52.7 Å². The van der Waals surface area contributed by atoms with Crippen molar-refractivity contribution in [2.75, 3.05) is 24.2 Å². The van der Waals surface area contributed by atoms with Crippen molar-refractivity contribution < 1.29 is 22.7 Å². The summed E-state index contributed by atoms with van der Waals surface area (Å²) in [6.07, 6.45) is 1.80. The van der Waals surface area contributed by atoms with Gasteiger partial charge in [0.1, 0.15) is 18.3 Å². The summed E-state index contributed by atoms with van der Waals surface area (Å²) < 4.78 is 31.3. The molecule has 0 fully saturated rings. The molecule has 0 heterocycles. The zero-order valence-electron chi connectivity index (χ0n) is 20.7. The van der Waals surface area contributed by atoms with E-state index >= 15 is 0 Å². The molecule has 0 unspecified atom stereocenters. The number of aryl methyl sites for hydroxylation is 1. The molecular weight excluding hydrogens is 454 g/mol. The molecule has 0 aromatic heterocycles. The van der Waals surface area contributed by atoms with Crippen LogP contribution in [0.3, 0.4) is 0 Å². The molecule has 2 aromatic carbocycles. The van der Waals surface area contributed by atoms with Crippen molar-refractivity contribution in [3.63, 3.8) is 0 Å². The number of rotatable bonds is 11. The molecule has 0 spiro atoms. The van der Waals surface area contributed by atoms with E-state index in [0.717, 1.165) is 28.1 Å². The van der Waals surface area contributed by atoms with Crippen LogP contribution in [0.1, 0.15) is 38.3 Å². The van der Waals surface area contributed by atoms with E-state index in [2.05, 4.69) is 5.32 Å². The van der Waals surface area contributed by atoms with Gasteiger partial charge >= 0.3 is 0 Å². The lowest BCUT2D eigenvalue weighted by atomic mass is 10.1. The summed E-state index contributed by atoms with van der Waals surface area (Å²) in [6, 6.07) is 13.2. The van der Waals surface area contributed by atoms with Gasteiger partial charge in [-0.3, -0.25) is 13.9 Å². The van der Waals surface area contributed by atoms with E-state index in [1.165, 1.54) is 12.0 Å². The number of nitrogens with one attached hydrogen (secondary N) is 1. The molecule has 2 amide bonds. The molecule has 0 saturated heterocycles. The second-order valence-electron chi connectivity index (χ2n) is 8.47. The summed E-state index contributed by atoms with van der Waals surface area (Å²) in [4.78, 5) is 27.8. The molecule has 8 nitrogen and oxygen atoms in total. The molecule has 0 aliphatic heterocycles. The van der Waals surface area contributed by atoms with Gasteiger partial charge in [-0.25, -0.2) is 8.42 Å². The van der Waals surface area contributed by atoms with Crippen molar-refractivity contribution in [2.24, 2.45) is 0 Å². The summed E-state index contributed by atoms with van der Waals surface area (Å²) in [5.74, 6) is -0.196. The van der Waals surface area contributed by atoms with Crippen LogP contribution in [0.25, 0.3) is 0 Å². The van der Waals surface area contributed by atoms with Crippen molar-refractivity contribution in [3.8, 4) is 5.75 Å². The molecule has 0 bridgehead atoms. The van der Waals surface area contributed by atoms with Crippen molar-refractivity contribution >= 4 is 27.5 Å². The fourth-order valence-corrected chi connectivity index (χ4v) is 4.15. The normalized spacial score (nSPS) is 13.0. The summed E-state index contributed by atoms with van der Waals surface area (Å²) in [7, 11) is -2.25. The standard InChI is InChI=1S/C25H35N3O5S/c1-7-19(3)26-25(30)20(4)27(16-21-10-8-18(2)9-11-21)24(29)17-28(34(6,31)32)22-12-14-23(33-5)15-13-22/h8-15,19-20H,7,16-17H2,1-6H3,(H,26,30)/t19-,20-/m0/s1. The zero-order chi connectivity index (χ0) is 25.5. The number of carbonyl (C=O) groups excluding carboxylic acids is 2. The third-order valence-corrected chi connectivity index (χ3v) is 6.82. The second kappa shape index (κ2) is 11.9. The second-order valence-corrected chi connectivity index (χ2v) is 10.4. The van der Waals surface area contributed by atoms with Gasteiger partial charge < -0.3 is 15.0 Å². The molecule has 186 valence electrons. The average molecular weight is 490 g/mol. The van der Waals surface area contributed by atoms with Crippen molar-refractivity contribution in [3.05, 3.63) is 59.7 Å². The minimum Gasteiger partial charge on any atom is -0.497 e. The van der Waals surface area contributed by atoms with Gasteiger partial charge in [0.2, 0.25) is 21.8 Å². The molecular formula is C25H35N3O5S. The molecule has 2 rings (SSSR count). The maximum absolute atomic E-state index is 13.5. The summed E-state index contributed by atoms with van der Waals surface area (Å²) in [5, 5.41) is 2.91. The van der Waals surface area contributed by atoms with Gasteiger partial charge in [0.15, 0.2) is 0 Å². The Labute approximate surface area is 202 Å². The van der Waals surface area contributed by atoms with Crippen LogP contribution in [-0.4, -0.2) is 57.1 Å². The van der Waals surface area contributed by atoms with Crippen LogP contribution < -0.4 is 14.4 Å². The molecule has 9 heteroatoms. The first-order chi connectivity index (χ1) is 16.0.